The molecule has 3 aromatic rings. The van der Waals surface area contributed by atoms with Crippen LogP contribution in [0, 0.1) is 0 Å². The van der Waals surface area contributed by atoms with Crippen LogP contribution >= 0.6 is 34.7 Å². The minimum atomic E-state index is 0.549. The molecular weight excluding hydrogens is 336 g/mol. The van der Waals surface area contributed by atoms with Crippen molar-refractivity contribution in [1.29, 1.82) is 0 Å². The maximum Gasteiger partial charge on any atom is 0.214 e. The summed E-state index contributed by atoms with van der Waals surface area (Å²) in [5.74, 6) is 2.47. The van der Waals surface area contributed by atoms with Crippen LogP contribution in [0.2, 0.25) is 5.02 Å². The van der Waals surface area contributed by atoms with E-state index in [1.165, 1.54) is 24.3 Å². The van der Waals surface area contributed by atoms with Crippen LogP contribution in [0.5, 0.6) is 0 Å². The SMILES string of the molecule is Clc1ccc(-c2cn3nc(NC4CCSCC4)sc3n2)cc1. The fourth-order valence-electron chi connectivity index (χ4n) is 2.53. The van der Waals surface area contributed by atoms with Crippen LogP contribution in [0.1, 0.15) is 12.8 Å². The quantitative estimate of drug-likeness (QED) is 0.759. The number of nitrogens with zero attached hydrogens (tertiary/aromatic N) is 3. The Bertz CT molecular complexity index is 743. The summed E-state index contributed by atoms with van der Waals surface area (Å²) in [4.78, 5) is 5.57. The number of aromatic nitrogens is 3. The first-order valence-corrected chi connectivity index (χ1v) is 9.59. The molecule has 0 unspecified atom stereocenters. The molecule has 0 bridgehead atoms. The maximum absolute atomic E-state index is 5.92. The van der Waals surface area contributed by atoms with E-state index in [4.69, 9.17) is 11.6 Å². The number of nitrogens with one attached hydrogen (secondary N) is 1. The number of hydrogen-bond acceptors (Lipinski definition) is 5. The molecule has 1 N–H and O–H groups in total. The molecule has 1 fully saturated rings. The van der Waals surface area contributed by atoms with Gasteiger partial charge in [0.2, 0.25) is 10.1 Å². The Balaban J connectivity index is 1.55. The Kier molecular flexibility index (Phi) is 3.98. The summed E-state index contributed by atoms with van der Waals surface area (Å²) in [7, 11) is 0. The van der Waals surface area contributed by atoms with Gasteiger partial charge in [-0.15, -0.1) is 5.10 Å². The molecular formula is C15H15ClN4S2. The second kappa shape index (κ2) is 6.10. The highest BCUT2D eigenvalue weighted by atomic mass is 35.5. The lowest BCUT2D eigenvalue weighted by molar-refractivity contribution is 0.664. The predicted octanol–water partition coefficient (Wildman–Crippen LogP) is 4.42. The summed E-state index contributed by atoms with van der Waals surface area (Å²) in [5, 5.41) is 9.83. The number of thioether (sulfide) groups is 1. The molecule has 0 spiro atoms. The molecule has 0 aliphatic carbocycles. The Morgan fingerprint density at radius 1 is 1.18 bits per heavy atom. The summed E-state index contributed by atoms with van der Waals surface area (Å²) >= 11 is 9.56. The summed E-state index contributed by atoms with van der Waals surface area (Å²) in [6, 6.07) is 8.27. The third-order valence-corrected chi connectivity index (χ3v) is 5.89. The van der Waals surface area contributed by atoms with E-state index < -0.39 is 0 Å². The van der Waals surface area contributed by atoms with Gasteiger partial charge in [0.25, 0.3) is 0 Å². The maximum atomic E-state index is 5.92. The molecule has 3 heterocycles. The van der Waals surface area contributed by atoms with E-state index in [0.717, 1.165) is 26.4 Å². The number of imidazole rings is 1. The summed E-state index contributed by atoms with van der Waals surface area (Å²) in [6.45, 7) is 0. The van der Waals surface area contributed by atoms with Crippen LogP contribution in [-0.4, -0.2) is 32.1 Å². The van der Waals surface area contributed by atoms with Gasteiger partial charge in [-0.1, -0.05) is 35.1 Å². The normalized spacial score (nSPS) is 16.2. The zero-order chi connectivity index (χ0) is 14.9. The van der Waals surface area contributed by atoms with Crippen molar-refractivity contribution in [2.24, 2.45) is 0 Å². The van der Waals surface area contributed by atoms with Crippen molar-refractivity contribution in [1.82, 2.24) is 14.6 Å². The van der Waals surface area contributed by atoms with Crippen molar-refractivity contribution < 1.29 is 0 Å². The van der Waals surface area contributed by atoms with Crippen molar-refractivity contribution in [3.8, 4) is 11.3 Å². The lowest BCUT2D eigenvalue weighted by atomic mass is 10.2. The van der Waals surface area contributed by atoms with E-state index in [2.05, 4.69) is 15.4 Å². The molecule has 7 heteroatoms. The van der Waals surface area contributed by atoms with Crippen LogP contribution in [0.4, 0.5) is 5.13 Å². The van der Waals surface area contributed by atoms with E-state index in [1.54, 1.807) is 11.3 Å². The van der Waals surface area contributed by atoms with Crippen LogP contribution in [-0.2, 0) is 0 Å². The van der Waals surface area contributed by atoms with E-state index in [-0.39, 0.29) is 0 Å². The minimum absolute atomic E-state index is 0.549. The van der Waals surface area contributed by atoms with Gasteiger partial charge in [0, 0.05) is 16.6 Å². The molecule has 22 heavy (non-hydrogen) atoms. The monoisotopic (exact) mass is 350 g/mol. The van der Waals surface area contributed by atoms with Gasteiger partial charge in [0.15, 0.2) is 0 Å². The van der Waals surface area contributed by atoms with E-state index in [9.17, 15) is 0 Å². The first-order chi connectivity index (χ1) is 10.8. The van der Waals surface area contributed by atoms with Crippen molar-refractivity contribution in [3.05, 3.63) is 35.5 Å². The van der Waals surface area contributed by atoms with Gasteiger partial charge in [-0.3, -0.25) is 0 Å². The first-order valence-electron chi connectivity index (χ1n) is 7.24. The lowest BCUT2D eigenvalue weighted by Gasteiger charge is -2.21. The van der Waals surface area contributed by atoms with Crippen LogP contribution in [0.25, 0.3) is 16.2 Å². The van der Waals surface area contributed by atoms with Crippen LogP contribution in [0.15, 0.2) is 30.5 Å². The van der Waals surface area contributed by atoms with Crippen molar-refractivity contribution >= 4 is 44.8 Å². The van der Waals surface area contributed by atoms with Crippen LogP contribution < -0.4 is 5.32 Å². The number of benzene rings is 1. The number of fused-ring (bicyclic) bond motifs is 1. The number of rotatable bonds is 3. The zero-order valence-electron chi connectivity index (χ0n) is 11.8. The van der Waals surface area contributed by atoms with E-state index in [1.807, 2.05) is 46.7 Å². The molecule has 2 aromatic heterocycles. The molecule has 0 saturated carbocycles. The molecule has 1 aliphatic heterocycles. The van der Waals surface area contributed by atoms with Crippen molar-refractivity contribution in [2.75, 3.05) is 16.8 Å². The van der Waals surface area contributed by atoms with Gasteiger partial charge in [-0.25, -0.2) is 9.50 Å². The first kappa shape index (κ1) is 14.4. The molecule has 1 aliphatic rings. The van der Waals surface area contributed by atoms with Crippen molar-refractivity contribution in [2.45, 2.75) is 18.9 Å². The third-order valence-electron chi connectivity index (χ3n) is 3.73. The molecule has 1 aromatic carbocycles. The second-order valence-electron chi connectivity index (χ2n) is 5.30. The summed E-state index contributed by atoms with van der Waals surface area (Å²) in [6.07, 6.45) is 4.39. The van der Waals surface area contributed by atoms with Gasteiger partial charge in [-0.05, 0) is 36.5 Å². The minimum Gasteiger partial charge on any atom is -0.357 e. The highest BCUT2D eigenvalue weighted by Crippen LogP contribution is 2.27. The van der Waals surface area contributed by atoms with E-state index >= 15 is 0 Å². The van der Waals surface area contributed by atoms with Gasteiger partial charge < -0.3 is 5.32 Å². The average Bonchev–Trinajstić information content (AvgIpc) is 3.07. The molecule has 1 saturated heterocycles. The summed E-state index contributed by atoms with van der Waals surface area (Å²) < 4.78 is 1.86. The third kappa shape index (κ3) is 2.95. The van der Waals surface area contributed by atoms with E-state index in [0.29, 0.717) is 6.04 Å². The highest BCUT2D eigenvalue weighted by molar-refractivity contribution is 7.99. The number of hydrogen-bond donors (Lipinski definition) is 1. The molecule has 0 radical (unpaired) electrons. The molecule has 114 valence electrons. The fourth-order valence-corrected chi connectivity index (χ4v) is 4.63. The molecule has 0 amide bonds. The Morgan fingerprint density at radius 3 is 2.68 bits per heavy atom. The average molecular weight is 351 g/mol. The molecule has 0 atom stereocenters. The van der Waals surface area contributed by atoms with Crippen LogP contribution in [0.3, 0.4) is 0 Å². The van der Waals surface area contributed by atoms with Gasteiger partial charge in [-0.2, -0.15) is 11.8 Å². The number of anilines is 1. The standard InChI is InChI=1S/C15H15ClN4S2/c16-11-3-1-10(2-4-11)13-9-20-15(18-13)22-14(19-20)17-12-5-7-21-8-6-12/h1-4,9,12H,5-8H2,(H,17,19). The van der Waals surface area contributed by atoms with Gasteiger partial charge in [0.05, 0.1) is 11.9 Å². The Morgan fingerprint density at radius 2 is 1.95 bits per heavy atom. The summed E-state index contributed by atoms with van der Waals surface area (Å²) in [5.41, 5.74) is 1.98. The largest absolute Gasteiger partial charge is 0.357 e. The fraction of sp³-hybridized carbons (Fsp3) is 0.333. The topological polar surface area (TPSA) is 42.2 Å². The smallest absolute Gasteiger partial charge is 0.214 e. The Hall–Kier alpha value is -1.24. The lowest BCUT2D eigenvalue weighted by Crippen LogP contribution is -2.24. The zero-order valence-corrected chi connectivity index (χ0v) is 14.2. The number of halogens is 1. The second-order valence-corrected chi connectivity index (χ2v) is 7.92. The Labute approximate surface area is 141 Å². The molecule has 4 rings (SSSR count). The predicted molar refractivity (Wildman–Crippen MR) is 95.3 cm³/mol. The van der Waals surface area contributed by atoms with Gasteiger partial charge in [0.1, 0.15) is 0 Å². The highest BCUT2D eigenvalue weighted by Gasteiger charge is 2.16. The van der Waals surface area contributed by atoms with Crippen molar-refractivity contribution in [3.63, 3.8) is 0 Å². The molecule has 4 nitrogen and oxygen atoms in total. The van der Waals surface area contributed by atoms with Gasteiger partial charge >= 0.3 is 0 Å².